The predicted octanol–water partition coefficient (Wildman–Crippen LogP) is 0.964. The Morgan fingerprint density at radius 1 is 1.71 bits per heavy atom. The molecule has 0 atom stereocenters. The van der Waals surface area contributed by atoms with Gasteiger partial charge in [0.05, 0.1) is 0 Å². The van der Waals surface area contributed by atoms with Crippen LogP contribution in [0, 0.1) is 10.4 Å². The molecule has 0 saturated carbocycles. The molecule has 0 aromatic carbocycles. The van der Waals surface area contributed by atoms with Crippen molar-refractivity contribution in [1.29, 1.82) is 0 Å². The first-order valence-electron chi connectivity index (χ1n) is 2.85. The Bertz CT molecular complexity index is 61.1. The number of rotatable bonds is 3. The molecule has 0 aromatic rings. The minimum atomic E-state index is -0.581. The van der Waals surface area contributed by atoms with Gasteiger partial charge in [0.1, 0.15) is 0 Å². The van der Waals surface area contributed by atoms with Gasteiger partial charge in [0.25, 0.3) is 0 Å². The molecule has 0 aromatic heterocycles. The molecule has 1 heteroatoms. The third kappa shape index (κ3) is 6.36. The van der Waals surface area contributed by atoms with Crippen molar-refractivity contribution in [2.75, 3.05) is 0 Å². The third-order valence-electron chi connectivity index (χ3n) is 0.925. The molecule has 0 nitrogen and oxygen atoms in total. The molecule has 0 amide bonds. The van der Waals surface area contributed by atoms with E-state index in [2.05, 4.69) is 10.9 Å². The van der Waals surface area contributed by atoms with Crippen molar-refractivity contribution in [3.8, 4) is 10.4 Å². The summed E-state index contributed by atoms with van der Waals surface area (Å²) in [5, 5.41) is 0. The Labute approximate surface area is 55.9 Å². The molecule has 7 heavy (non-hydrogen) atoms. The number of hydrogen-bond acceptors (Lipinski definition) is 0. The van der Waals surface area contributed by atoms with Crippen LogP contribution in [0.1, 0.15) is 19.8 Å². The van der Waals surface area contributed by atoms with Crippen molar-refractivity contribution in [2.45, 2.75) is 24.2 Å². The van der Waals surface area contributed by atoms with E-state index in [0.717, 1.165) is 0 Å². The zero-order valence-corrected chi connectivity index (χ0v) is 8.94. The van der Waals surface area contributed by atoms with Gasteiger partial charge in [0.15, 0.2) is 0 Å². The van der Waals surface area contributed by atoms with Gasteiger partial charge in [0.2, 0.25) is 0 Å². The average Bonchev–Trinajstić information content (AvgIpc) is 1.69. The summed E-state index contributed by atoms with van der Waals surface area (Å²) in [7, 11) is 0. The normalized spacial score (nSPS) is 9.71. The van der Waals surface area contributed by atoms with Crippen LogP contribution < -0.4 is 0 Å². The molecule has 0 bridgehead atoms. The van der Waals surface area contributed by atoms with E-state index in [0.29, 0.717) is 0 Å². The van der Waals surface area contributed by atoms with Crippen molar-refractivity contribution in [2.24, 2.45) is 0 Å². The Kier molecular flexibility index (Phi) is 6.68. The molecule has 0 aliphatic carbocycles. The van der Waals surface area contributed by atoms with Crippen LogP contribution in [0.2, 0.25) is 4.44 Å². The summed E-state index contributed by atoms with van der Waals surface area (Å²) in [6, 6.07) is 0. The molecule has 0 rings (SSSR count). The van der Waals surface area contributed by atoms with Gasteiger partial charge >= 0.3 is 55.7 Å². The average molecular weight is 203 g/mol. The fourth-order valence-corrected chi connectivity index (χ4v) is 3.20. The summed E-state index contributed by atoms with van der Waals surface area (Å²) < 4.78 is 4.22. The second kappa shape index (κ2) is 6.36. The predicted molar refractivity (Wildman–Crippen MR) is 37.1 cm³/mol. The molecule has 0 aliphatic heterocycles. The van der Waals surface area contributed by atoms with Gasteiger partial charge in [-0.2, -0.15) is 0 Å². The minimum absolute atomic E-state index is 0.581. The Balaban J connectivity index is 2.60. The second-order valence-corrected chi connectivity index (χ2v) is 6.27. The zero-order chi connectivity index (χ0) is 5.54. The van der Waals surface area contributed by atoms with Gasteiger partial charge in [-0.1, -0.05) is 0 Å². The van der Waals surface area contributed by atoms with Crippen LogP contribution >= 0.6 is 0 Å². The number of hydrogen-bond donors (Lipinski definition) is 0. The van der Waals surface area contributed by atoms with Crippen LogP contribution in [-0.4, -0.2) is 21.1 Å². The second-order valence-electron chi connectivity index (χ2n) is 1.66. The summed E-state index contributed by atoms with van der Waals surface area (Å²) in [6.07, 6.45) is 7.81. The van der Waals surface area contributed by atoms with Crippen molar-refractivity contribution in [1.82, 2.24) is 0 Å². The molecular weight excluding hydrogens is 191 g/mol. The standard InChI is InChI=1S/C4H9.C2H.Sn.2H/c1-3-4-2;1-2;;;/h1,3-4H2,2H3;1H;;;. The molecular formula is C6H12Sn. The number of terminal acetylenes is 1. The Hall–Kier alpha value is 0.359. The van der Waals surface area contributed by atoms with Crippen LogP contribution in [0.5, 0.6) is 0 Å². The fraction of sp³-hybridized carbons (Fsp3) is 0.667. The number of unbranched alkanes of at least 4 members (excludes halogenated alkanes) is 1. The molecule has 0 N–H and O–H groups in total. The van der Waals surface area contributed by atoms with Crippen LogP contribution in [0.15, 0.2) is 0 Å². The monoisotopic (exact) mass is 204 g/mol. The van der Waals surface area contributed by atoms with E-state index in [1.54, 1.807) is 0 Å². The molecule has 0 spiro atoms. The van der Waals surface area contributed by atoms with Crippen molar-refractivity contribution >= 4 is 21.1 Å². The van der Waals surface area contributed by atoms with Crippen molar-refractivity contribution in [3.63, 3.8) is 0 Å². The van der Waals surface area contributed by atoms with Gasteiger partial charge in [-0.3, -0.25) is 0 Å². The summed E-state index contributed by atoms with van der Waals surface area (Å²) in [6.45, 7) is 2.21. The molecule has 0 fully saturated rings. The maximum absolute atomic E-state index is 5.11. The van der Waals surface area contributed by atoms with E-state index in [1.807, 2.05) is 0 Å². The topological polar surface area (TPSA) is 0 Å². The molecule has 0 unspecified atom stereocenters. The van der Waals surface area contributed by atoms with Crippen LogP contribution in [0.4, 0.5) is 0 Å². The third-order valence-corrected chi connectivity index (χ3v) is 4.18. The first-order chi connectivity index (χ1) is 3.41. The van der Waals surface area contributed by atoms with E-state index < -0.39 is 21.1 Å². The SMILES string of the molecule is C#[C][SnH2][CH2]CCC. The first-order valence-corrected chi connectivity index (χ1v) is 7.72. The summed E-state index contributed by atoms with van der Waals surface area (Å²) >= 11 is -0.581. The van der Waals surface area contributed by atoms with Gasteiger partial charge in [-0.05, 0) is 0 Å². The quantitative estimate of drug-likeness (QED) is 0.364. The fourth-order valence-electron chi connectivity index (χ4n) is 0.477. The molecule has 40 valence electrons. The molecule has 0 heterocycles. The first kappa shape index (κ1) is 7.36. The van der Waals surface area contributed by atoms with Crippen LogP contribution in [0.3, 0.4) is 0 Å². The maximum atomic E-state index is 5.11. The summed E-state index contributed by atoms with van der Waals surface area (Å²) in [4.78, 5) is 0. The van der Waals surface area contributed by atoms with Gasteiger partial charge in [-0.15, -0.1) is 0 Å². The summed E-state index contributed by atoms with van der Waals surface area (Å²) in [5.41, 5.74) is 0. The van der Waals surface area contributed by atoms with Crippen LogP contribution in [0.25, 0.3) is 0 Å². The van der Waals surface area contributed by atoms with E-state index in [9.17, 15) is 0 Å². The van der Waals surface area contributed by atoms with E-state index in [-0.39, 0.29) is 0 Å². The summed E-state index contributed by atoms with van der Waals surface area (Å²) in [5.74, 6) is 0. The Morgan fingerprint density at radius 2 is 2.43 bits per heavy atom. The van der Waals surface area contributed by atoms with Crippen molar-refractivity contribution in [3.05, 3.63) is 0 Å². The zero-order valence-electron chi connectivity index (χ0n) is 4.91. The van der Waals surface area contributed by atoms with Crippen LogP contribution in [-0.2, 0) is 0 Å². The van der Waals surface area contributed by atoms with E-state index in [4.69, 9.17) is 6.42 Å². The van der Waals surface area contributed by atoms with Gasteiger partial charge in [-0.25, -0.2) is 0 Å². The van der Waals surface area contributed by atoms with Crippen molar-refractivity contribution < 1.29 is 0 Å². The van der Waals surface area contributed by atoms with E-state index in [1.165, 1.54) is 17.3 Å². The van der Waals surface area contributed by atoms with E-state index >= 15 is 0 Å². The Morgan fingerprint density at radius 3 is 2.86 bits per heavy atom. The molecule has 0 radical (unpaired) electrons. The van der Waals surface area contributed by atoms with Gasteiger partial charge in [0, 0.05) is 0 Å². The molecule has 0 aliphatic rings. The molecule has 0 saturated heterocycles. The van der Waals surface area contributed by atoms with Gasteiger partial charge < -0.3 is 0 Å².